The molecule has 0 radical (unpaired) electrons. The smallest absolute Gasteiger partial charge is 0.219 e. The molecule has 94 valence electrons. The lowest BCUT2D eigenvalue weighted by Crippen LogP contribution is -2.23. The van der Waals surface area contributed by atoms with Gasteiger partial charge >= 0.3 is 0 Å². The molecule has 0 fully saturated rings. The van der Waals surface area contributed by atoms with Crippen molar-refractivity contribution >= 4 is 21.8 Å². The summed E-state index contributed by atoms with van der Waals surface area (Å²) in [6.45, 7) is 2.97. The predicted octanol–water partition coefficient (Wildman–Crippen LogP) is 2.63. The Bertz CT molecular complexity index is 368. The van der Waals surface area contributed by atoms with Gasteiger partial charge in [0.1, 0.15) is 0 Å². The van der Waals surface area contributed by atoms with E-state index < -0.39 is 0 Å². The zero-order valence-electron chi connectivity index (χ0n) is 10.3. The van der Waals surface area contributed by atoms with Gasteiger partial charge in [-0.3, -0.25) is 4.79 Å². The van der Waals surface area contributed by atoms with Crippen molar-refractivity contribution in [3.8, 4) is 0 Å². The van der Waals surface area contributed by atoms with Crippen LogP contribution in [0, 0.1) is 0 Å². The number of hydrogen-bond donors (Lipinski definition) is 2. The van der Waals surface area contributed by atoms with E-state index in [1.807, 2.05) is 12.1 Å². The Balaban J connectivity index is 2.30. The lowest BCUT2D eigenvalue weighted by Gasteiger charge is -2.14. The fraction of sp³-hybridized carbons (Fsp3) is 0.462. The highest BCUT2D eigenvalue weighted by Gasteiger charge is 2.05. The lowest BCUT2D eigenvalue weighted by molar-refractivity contribution is -0.120. The summed E-state index contributed by atoms with van der Waals surface area (Å²) < 4.78 is 1.09. The number of nitrogens with one attached hydrogen (secondary N) is 2. The topological polar surface area (TPSA) is 41.1 Å². The Morgan fingerprint density at radius 3 is 2.88 bits per heavy atom. The average molecular weight is 299 g/mol. The zero-order chi connectivity index (χ0) is 12.7. The van der Waals surface area contributed by atoms with Crippen LogP contribution >= 0.6 is 15.9 Å². The summed E-state index contributed by atoms with van der Waals surface area (Å²) in [5.41, 5.74) is 1.25. The van der Waals surface area contributed by atoms with E-state index in [0.717, 1.165) is 17.4 Å². The SMILES string of the molecule is CNC(=O)CCCN[C@H](C)c1cccc(Br)c1. The molecule has 0 spiro atoms. The Morgan fingerprint density at radius 1 is 1.47 bits per heavy atom. The number of benzene rings is 1. The maximum absolute atomic E-state index is 11.0. The quantitative estimate of drug-likeness (QED) is 0.793. The standard InChI is InChI=1S/C13H19BrN2O/c1-10(11-5-3-6-12(14)9-11)16-8-4-7-13(17)15-2/h3,5-6,9-10,16H,4,7-8H2,1-2H3,(H,15,17)/t10-/m1/s1. The predicted molar refractivity (Wildman–Crippen MR) is 73.9 cm³/mol. The van der Waals surface area contributed by atoms with Gasteiger partial charge in [-0.2, -0.15) is 0 Å². The van der Waals surface area contributed by atoms with Crippen molar-refractivity contribution in [1.29, 1.82) is 0 Å². The molecule has 0 aliphatic rings. The minimum Gasteiger partial charge on any atom is -0.359 e. The van der Waals surface area contributed by atoms with Crippen molar-refractivity contribution in [3.63, 3.8) is 0 Å². The molecule has 0 heterocycles. The minimum absolute atomic E-state index is 0.0990. The normalized spacial score (nSPS) is 12.2. The van der Waals surface area contributed by atoms with Crippen molar-refractivity contribution in [2.24, 2.45) is 0 Å². The van der Waals surface area contributed by atoms with Gasteiger partial charge < -0.3 is 10.6 Å². The Morgan fingerprint density at radius 2 is 2.24 bits per heavy atom. The molecule has 1 atom stereocenters. The van der Waals surface area contributed by atoms with E-state index in [2.05, 4.69) is 45.6 Å². The Kier molecular flexibility index (Phi) is 6.22. The van der Waals surface area contributed by atoms with Crippen LogP contribution in [0.4, 0.5) is 0 Å². The summed E-state index contributed by atoms with van der Waals surface area (Å²) in [5, 5.41) is 6.02. The highest BCUT2D eigenvalue weighted by Crippen LogP contribution is 2.17. The number of halogens is 1. The third-order valence-electron chi connectivity index (χ3n) is 2.66. The largest absolute Gasteiger partial charge is 0.359 e. The second kappa shape index (κ2) is 7.45. The molecule has 0 unspecified atom stereocenters. The molecule has 0 bridgehead atoms. The summed E-state index contributed by atoms with van der Waals surface area (Å²) in [7, 11) is 1.67. The van der Waals surface area contributed by atoms with E-state index in [1.165, 1.54) is 5.56 Å². The molecule has 2 N–H and O–H groups in total. The van der Waals surface area contributed by atoms with Crippen molar-refractivity contribution in [2.75, 3.05) is 13.6 Å². The van der Waals surface area contributed by atoms with Crippen molar-refractivity contribution in [2.45, 2.75) is 25.8 Å². The number of carbonyl (C=O) groups excluding carboxylic acids is 1. The maximum Gasteiger partial charge on any atom is 0.219 e. The molecule has 17 heavy (non-hydrogen) atoms. The van der Waals surface area contributed by atoms with Gasteiger partial charge in [0.2, 0.25) is 5.91 Å². The number of rotatable bonds is 6. The molecule has 1 amide bonds. The molecular weight excluding hydrogens is 280 g/mol. The van der Waals surface area contributed by atoms with Crippen LogP contribution in [0.5, 0.6) is 0 Å². The first-order chi connectivity index (χ1) is 8.13. The van der Waals surface area contributed by atoms with Gasteiger partial charge in [-0.15, -0.1) is 0 Å². The molecule has 0 saturated heterocycles. The first kappa shape index (κ1) is 14.2. The fourth-order valence-electron chi connectivity index (χ4n) is 1.59. The van der Waals surface area contributed by atoms with Gasteiger partial charge in [-0.25, -0.2) is 0 Å². The third-order valence-corrected chi connectivity index (χ3v) is 3.15. The molecule has 1 aromatic carbocycles. The molecular formula is C13H19BrN2O. The lowest BCUT2D eigenvalue weighted by atomic mass is 10.1. The fourth-order valence-corrected chi connectivity index (χ4v) is 2.00. The monoisotopic (exact) mass is 298 g/mol. The van der Waals surface area contributed by atoms with Crippen LogP contribution in [-0.2, 0) is 4.79 Å². The van der Waals surface area contributed by atoms with Crippen LogP contribution in [-0.4, -0.2) is 19.5 Å². The molecule has 0 aliphatic heterocycles. The number of carbonyl (C=O) groups is 1. The van der Waals surface area contributed by atoms with E-state index in [4.69, 9.17) is 0 Å². The van der Waals surface area contributed by atoms with E-state index in [0.29, 0.717) is 12.5 Å². The van der Waals surface area contributed by atoms with Gasteiger partial charge in [-0.05, 0) is 37.6 Å². The molecule has 4 heteroatoms. The van der Waals surface area contributed by atoms with Gasteiger partial charge in [-0.1, -0.05) is 28.1 Å². The summed E-state index contributed by atoms with van der Waals surface area (Å²) in [6, 6.07) is 8.55. The molecule has 0 aromatic heterocycles. The minimum atomic E-state index is 0.0990. The highest BCUT2D eigenvalue weighted by molar-refractivity contribution is 9.10. The average Bonchev–Trinajstić information content (AvgIpc) is 2.34. The summed E-state index contributed by atoms with van der Waals surface area (Å²) in [6.07, 6.45) is 1.44. The van der Waals surface area contributed by atoms with E-state index in [-0.39, 0.29) is 5.91 Å². The van der Waals surface area contributed by atoms with Gasteiger partial charge in [0, 0.05) is 24.0 Å². The maximum atomic E-state index is 11.0. The third kappa shape index (κ3) is 5.33. The highest BCUT2D eigenvalue weighted by atomic mass is 79.9. The Hall–Kier alpha value is -0.870. The van der Waals surface area contributed by atoms with Gasteiger partial charge in [0.05, 0.1) is 0 Å². The molecule has 1 aromatic rings. The first-order valence-electron chi connectivity index (χ1n) is 5.83. The Labute approximate surface area is 111 Å². The van der Waals surface area contributed by atoms with Crippen molar-refractivity contribution < 1.29 is 4.79 Å². The van der Waals surface area contributed by atoms with Crippen molar-refractivity contribution in [1.82, 2.24) is 10.6 Å². The van der Waals surface area contributed by atoms with E-state index in [1.54, 1.807) is 7.05 Å². The molecule has 1 rings (SSSR count). The molecule has 0 aliphatic carbocycles. The van der Waals surface area contributed by atoms with Crippen molar-refractivity contribution in [3.05, 3.63) is 34.3 Å². The van der Waals surface area contributed by atoms with Crippen LogP contribution < -0.4 is 10.6 Å². The second-order valence-electron chi connectivity index (χ2n) is 4.01. The molecule has 3 nitrogen and oxygen atoms in total. The van der Waals surface area contributed by atoms with Crippen LogP contribution in [0.15, 0.2) is 28.7 Å². The first-order valence-corrected chi connectivity index (χ1v) is 6.62. The summed E-state index contributed by atoms with van der Waals surface area (Å²) in [4.78, 5) is 11.0. The van der Waals surface area contributed by atoms with Crippen LogP contribution in [0.25, 0.3) is 0 Å². The number of amides is 1. The number of hydrogen-bond acceptors (Lipinski definition) is 2. The summed E-state index contributed by atoms with van der Waals surface area (Å²) >= 11 is 3.46. The summed E-state index contributed by atoms with van der Waals surface area (Å²) in [5.74, 6) is 0.0990. The second-order valence-corrected chi connectivity index (χ2v) is 4.92. The van der Waals surface area contributed by atoms with Gasteiger partial charge in [0.25, 0.3) is 0 Å². The van der Waals surface area contributed by atoms with Crippen LogP contribution in [0.3, 0.4) is 0 Å². The van der Waals surface area contributed by atoms with Gasteiger partial charge in [0.15, 0.2) is 0 Å². The van der Waals surface area contributed by atoms with Crippen LogP contribution in [0.2, 0.25) is 0 Å². The zero-order valence-corrected chi connectivity index (χ0v) is 11.9. The van der Waals surface area contributed by atoms with E-state index in [9.17, 15) is 4.79 Å². The van der Waals surface area contributed by atoms with Crippen LogP contribution in [0.1, 0.15) is 31.4 Å². The van der Waals surface area contributed by atoms with E-state index >= 15 is 0 Å². The molecule has 0 saturated carbocycles.